The molecule has 1 aromatic carbocycles. The van der Waals surface area contributed by atoms with Crippen molar-refractivity contribution < 1.29 is 4.74 Å². The predicted molar refractivity (Wildman–Crippen MR) is 70.6 cm³/mol. The Morgan fingerprint density at radius 2 is 2.19 bits per heavy atom. The summed E-state index contributed by atoms with van der Waals surface area (Å²) in [5.41, 5.74) is 1.05. The molecular formula is C13H20ClNO. The van der Waals surface area contributed by atoms with Gasteiger partial charge in [0.1, 0.15) is 5.75 Å². The topological polar surface area (TPSA) is 21.3 Å². The summed E-state index contributed by atoms with van der Waals surface area (Å²) in [5, 5.41) is 4.08. The normalized spacial score (nSPS) is 12.2. The van der Waals surface area contributed by atoms with Gasteiger partial charge in [-0.1, -0.05) is 31.4 Å². The minimum Gasteiger partial charge on any atom is -0.495 e. The zero-order chi connectivity index (χ0) is 12.0. The van der Waals surface area contributed by atoms with Crippen LogP contribution < -0.4 is 10.1 Å². The largest absolute Gasteiger partial charge is 0.495 e. The molecule has 0 spiro atoms. The van der Waals surface area contributed by atoms with Gasteiger partial charge in [-0.3, -0.25) is 0 Å². The Bertz CT molecular complexity index is 328. The Hall–Kier alpha value is -0.890. The molecule has 1 unspecified atom stereocenters. The number of rotatable bonds is 6. The number of halogens is 1. The first kappa shape index (κ1) is 13.2. The Kier molecular flexibility index (Phi) is 5.47. The molecule has 1 N–H and O–H groups in total. The molecule has 90 valence electrons. The maximum Gasteiger partial charge on any atom is 0.137 e. The van der Waals surface area contributed by atoms with E-state index in [1.54, 1.807) is 7.11 Å². The summed E-state index contributed by atoms with van der Waals surface area (Å²) >= 11 is 6.05. The van der Waals surface area contributed by atoms with Gasteiger partial charge in [0.05, 0.1) is 12.1 Å². The summed E-state index contributed by atoms with van der Waals surface area (Å²) < 4.78 is 5.11. The number of benzene rings is 1. The second-order valence-corrected chi connectivity index (χ2v) is 4.44. The number of hydrogen-bond donors (Lipinski definition) is 1. The van der Waals surface area contributed by atoms with Gasteiger partial charge in [-0.05, 0) is 31.5 Å². The molecule has 0 saturated heterocycles. The molecule has 3 heteroatoms. The van der Waals surface area contributed by atoms with Crippen LogP contribution in [0.4, 0.5) is 5.69 Å². The van der Waals surface area contributed by atoms with E-state index in [-0.39, 0.29) is 0 Å². The van der Waals surface area contributed by atoms with Gasteiger partial charge in [-0.2, -0.15) is 0 Å². The molecule has 0 aromatic heterocycles. The minimum atomic E-state index is 0.476. The van der Waals surface area contributed by atoms with Crippen LogP contribution in [0, 0.1) is 0 Å². The fourth-order valence-electron chi connectivity index (χ4n) is 1.62. The summed E-state index contributed by atoms with van der Waals surface area (Å²) in [5.74, 6) is 0.716. The van der Waals surface area contributed by atoms with E-state index in [1.807, 2.05) is 18.2 Å². The van der Waals surface area contributed by atoms with Crippen molar-refractivity contribution in [2.45, 2.75) is 39.2 Å². The maximum atomic E-state index is 6.05. The highest BCUT2D eigenvalue weighted by atomic mass is 35.5. The fraction of sp³-hybridized carbons (Fsp3) is 0.538. The molecule has 0 heterocycles. The molecule has 0 radical (unpaired) electrons. The number of ether oxygens (including phenoxy) is 1. The molecule has 0 saturated carbocycles. The summed E-state index contributed by atoms with van der Waals surface area (Å²) in [6.45, 7) is 4.39. The van der Waals surface area contributed by atoms with Gasteiger partial charge in [0.25, 0.3) is 0 Å². The van der Waals surface area contributed by atoms with E-state index >= 15 is 0 Å². The van der Waals surface area contributed by atoms with Crippen molar-refractivity contribution in [1.82, 2.24) is 0 Å². The number of methoxy groups -OCH3 is 1. The molecular weight excluding hydrogens is 222 g/mol. The molecule has 0 aliphatic heterocycles. The molecule has 1 atom stereocenters. The molecule has 0 fully saturated rings. The first-order valence-electron chi connectivity index (χ1n) is 5.77. The van der Waals surface area contributed by atoms with Crippen molar-refractivity contribution in [2.24, 2.45) is 0 Å². The van der Waals surface area contributed by atoms with E-state index in [1.165, 1.54) is 19.3 Å². The second kappa shape index (κ2) is 6.64. The lowest BCUT2D eigenvalue weighted by molar-refractivity contribution is 0.415. The summed E-state index contributed by atoms with van der Waals surface area (Å²) in [6.07, 6.45) is 3.66. The van der Waals surface area contributed by atoms with Gasteiger partial charge in [-0.25, -0.2) is 0 Å². The number of unbranched alkanes of at least 4 members (excludes halogenated alkanes) is 1. The molecule has 16 heavy (non-hydrogen) atoms. The highest BCUT2D eigenvalue weighted by Crippen LogP contribution is 2.27. The Morgan fingerprint density at radius 3 is 2.75 bits per heavy atom. The number of hydrogen-bond acceptors (Lipinski definition) is 2. The zero-order valence-corrected chi connectivity index (χ0v) is 11.0. The van der Waals surface area contributed by atoms with Crippen LogP contribution in [0.1, 0.15) is 33.1 Å². The lowest BCUT2D eigenvalue weighted by Crippen LogP contribution is -2.14. The Morgan fingerprint density at radius 1 is 1.44 bits per heavy atom. The lowest BCUT2D eigenvalue weighted by atomic mass is 10.1. The summed E-state index contributed by atoms with van der Waals surface area (Å²) in [4.78, 5) is 0. The number of anilines is 1. The van der Waals surface area contributed by atoms with E-state index < -0.39 is 0 Å². The highest BCUT2D eigenvalue weighted by molar-refractivity contribution is 6.32. The summed E-state index contributed by atoms with van der Waals surface area (Å²) in [6, 6.07) is 6.26. The third kappa shape index (κ3) is 3.93. The van der Waals surface area contributed by atoms with Gasteiger partial charge in [0.2, 0.25) is 0 Å². The third-order valence-corrected chi connectivity index (χ3v) is 2.85. The van der Waals surface area contributed by atoms with Crippen LogP contribution in [0.3, 0.4) is 0 Å². The SMILES string of the molecule is CCCCC(C)Nc1ccc(OC)c(Cl)c1. The van der Waals surface area contributed by atoms with Crippen molar-refractivity contribution >= 4 is 17.3 Å². The van der Waals surface area contributed by atoms with Gasteiger partial charge in [-0.15, -0.1) is 0 Å². The standard InChI is InChI=1S/C13H20ClNO/c1-4-5-6-10(2)15-11-7-8-13(16-3)12(14)9-11/h7-10,15H,4-6H2,1-3H3. The third-order valence-electron chi connectivity index (χ3n) is 2.56. The van der Waals surface area contributed by atoms with Gasteiger partial charge < -0.3 is 10.1 Å². The molecule has 0 aliphatic rings. The van der Waals surface area contributed by atoms with Crippen LogP contribution in [0.15, 0.2) is 18.2 Å². The van der Waals surface area contributed by atoms with E-state index in [4.69, 9.17) is 16.3 Å². The van der Waals surface area contributed by atoms with Crippen LogP contribution in [0.25, 0.3) is 0 Å². The second-order valence-electron chi connectivity index (χ2n) is 4.04. The van der Waals surface area contributed by atoms with Gasteiger partial charge in [0, 0.05) is 11.7 Å². The van der Waals surface area contributed by atoms with Crippen LogP contribution in [-0.2, 0) is 0 Å². The fourth-order valence-corrected chi connectivity index (χ4v) is 1.88. The van der Waals surface area contributed by atoms with E-state index in [0.29, 0.717) is 16.8 Å². The van der Waals surface area contributed by atoms with Crippen molar-refractivity contribution in [1.29, 1.82) is 0 Å². The number of nitrogens with one attached hydrogen (secondary N) is 1. The van der Waals surface area contributed by atoms with Crippen LogP contribution >= 0.6 is 11.6 Å². The molecule has 0 aliphatic carbocycles. The van der Waals surface area contributed by atoms with Gasteiger partial charge >= 0.3 is 0 Å². The molecule has 0 bridgehead atoms. The first-order chi connectivity index (χ1) is 7.67. The monoisotopic (exact) mass is 241 g/mol. The van der Waals surface area contributed by atoms with Crippen molar-refractivity contribution in [2.75, 3.05) is 12.4 Å². The van der Waals surface area contributed by atoms with Crippen LogP contribution in [0.2, 0.25) is 5.02 Å². The predicted octanol–water partition coefficient (Wildman–Crippen LogP) is 4.34. The van der Waals surface area contributed by atoms with Crippen molar-refractivity contribution in [3.8, 4) is 5.75 Å². The van der Waals surface area contributed by atoms with Crippen LogP contribution in [-0.4, -0.2) is 13.2 Å². The average molecular weight is 242 g/mol. The van der Waals surface area contributed by atoms with Crippen molar-refractivity contribution in [3.05, 3.63) is 23.2 Å². The first-order valence-corrected chi connectivity index (χ1v) is 6.15. The quantitative estimate of drug-likeness (QED) is 0.800. The lowest BCUT2D eigenvalue weighted by Gasteiger charge is -2.15. The van der Waals surface area contributed by atoms with Crippen LogP contribution in [0.5, 0.6) is 5.75 Å². The summed E-state index contributed by atoms with van der Waals surface area (Å²) in [7, 11) is 1.62. The molecule has 1 rings (SSSR count). The highest BCUT2D eigenvalue weighted by Gasteiger charge is 2.04. The van der Waals surface area contributed by atoms with E-state index in [2.05, 4.69) is 19.2 Å². The average Bonchev–Trinajstić information content (AvgIpc) is 2.26. The Labute approximate surface area is 103 Å². The Balaban J connectivity index is 2.57. The zero-order valence-electron chi connectivity index (χ0n) is 10.2. The van der Waals surface area contributed by atoms with E-state index in [0.717, 1.165) is 5.69 Å². The van der Waals surface area contributed by atoms with E-state index in [9.17, 15) is 0 Å². The van der Waals surface area contributed by atoms with Gasteiger partial charge in [0.15, 0.2) is 0 Å². The minimum absolute atomic E-state index is 0.476. The smallest absolute Gasteiger partial charge is 0.137 e. The molecule has 1 aromatic rings. The molecule has 2 nitrogen and oxygen atoms in total. The molecule has 0 amide bonds. The maximum absolute atomic E-state index is 6.05. The van der Waals surface area contributed by atoms with Crippen molar-refractivity contribution in [3.63, 3.8) is 0 Å².